The summed E-state index contributed by atoms with van der Waals surface area (Å²) in [6.45, 7) is 6.59. The molecule has 0 heterocycles. The fraction of sp³-hybridized carbons (Fsp3) is 0.897. The Morgan fingerprint density at radius 3 is 2.29 bits per heavy atom. The van der Waals surface area contributed by atoms with Crippen molar-refractivity contribution >= 4 is 17.8 Å². The zero-order valence-corrected chi connectivity index (χ0v) is 23.0. The van der Waals surface area contributed by atoms with Crippen LogP contribution in [0.5, 0.6) is 0 Å². The molecule has 12 atom stereocenters. The Labute approximate surface area is 225 Å². The number of aliphatic hydroxyl groups is 3. The number of rotatable bonds is 9. The molecule has 0 saturated heterocycles. The zero-order chi connectivity index (χ0) is 28.0. The molecule has 9 nitrogen and oxygen atoms in total. The highest BCUT2D eigenvalue weighted by Gasteiger charge is 2.65. The van der Waals surface area contributed by atoms with E-state index in [2.05, 4.69) is 26.1 Å². The van der Waals surface area contributed by atoms with Crippen molar-refractivity contribution in [3.8, 4) is 0 Å². The summed E-state index contributed by atoms with van der Waals surface area (Å²) in [5.74, 6) is -1.61. The monoisotopic (exact) mass is 537 g/mol. The maximum Gasteiger partial charge on any atom is 0.326 e. The van der Waals surface area contributed by atoms with Gasteiger partial charge in [0.05, 0.1) is 18.3 Å². The number of carboxylic acids is 2. The zero-order valence-electron chi connectivity index (χ0n) is 23.0. The number of carbonyl (C=O) groups is 3. The average Bonchev–Trinajstić information content (AvgIpc) is 3.20. The number of amides is 1. The minimum atomic E-state index is -1.24. The van der Waals surface area contributed by atoms with Crippen molar-refractivity contribution in [2.24, 2.45) is 46.3 Å². The van der Waals surface area contributed by atoms with Crippen molar-refractivity contribution in [1.29, 1.82) is 0 Å². The summed E-state index contributed by atoms with van der Waals surface area (Å²) in [5.41, 5.74) is -0.338. The Balaban J connectivity index is 1.42. The van der Waals surface area contributed by atoms with E-state index in [1.807, 2.05) is 0 Å². The van der Waals surface area contributed by atoms with Crippen molar-refractivity contribution < 1.29 is 39.9 Å². The van der Waals surface area contributed by atoms with E-state index in [0.717, 1.165) is 32.1 Å². The van der Waals surface area contributed by atoms with Gasteiger partial charge in [0, 0.05) is 12.8 Å². The lowest BCUT2D eigenvalue weighted by molar-refractivity contribution is -0.207. The highest BCUT2D eigenvalue weighted by atomic mass is 16.4. The van der Waals surface area contributed by atoms with Gasteiger partial charge in [-0.25, -0.2) is 4.79 Å². The largest absolute Gasteiger partial charge is 0.481 e. The summed E-state index contributed by atoms with van der Waals surface area (Å²) in [7, 11) is 0. The second kappa shape index (κ2) is 11.0. The van der Waals surface area contributed by atoms with Crippen molar-refractivity contribution in [3.05, 3.63) is 0 Å². The normalized spacial score (nSPS) is 43.7. The molecule has 0 aliphatic heterocycles. The van der Waals surface area contributed by atoms with Gasteiger partial charge in [0.25, 0.3) is 0 Å². The molecule has 4 fully saturated rings. The van der Waals surface area contributed by atoms with E-state index < -0.39 is 36.1 Å². The Hall–Kier alpha value is -1.71. The molecule has 0 radical (unpaired) electrons. The van der Waals surface area contributed by atoms with Gasteiger partial charge in [0.2, 0.25) is 5.91 Å². The number of hydrogen-bond acceptors (Lipinski definition) is 6. The molecule has 12 unspecified atom stereocenters. The highest BCUT2D eigenvalue weighted by Crippen LogP contribution is 2.68. The van der Waals surface area contributed by atoms with E-state index in [9.17, 15) is 34.8 Å². The molecular weight excluding hydrogens is 490 g/mol. The summed E-state index contributed by atoms with van der Waals surface area (Å²) >= 11 is 0. The molecule has 0 bridgehead atoms. The Morgan fingerprint density at radius 1 is 0.921 bits per heavy atom. The third-order valence-electron chi connectivity index (χ3n) is 11.6. The van der Waals surface area contributed by atoms with Gasteiger partial charge in [0.15, 0.2) is 0 Å². The van der Waals surface area contributed by atoms with Gasteiger partial charge in [-0.15, -0.1) is 0 Å². The second-order valence-electron chi connectivity index (χ2n) is 13.4. The third kappa shape index (κ3) is 5.22. The first kappa shape index (κ1) is 29.3. The fourth-order valence-corrected chi connectivity index (χ4v) is 9.48. The van der Waals surface area contributed by atoms with E-state index in [1.54, 1.807) is 0 Å². The fourth-order valence-electron chi connectivity index (χ4n) is 9.48. The molecule has 0 aromatic carbocycles. The molecule has 4 rings (SSSR count). The van der Waals surface area contributed by atoms with Crippen molar-refractivity contribution in [2.45, 2.75) is 116 Å². The first-order valence-electron chi connectivity index (χ1n) is 14.6. The molecule has 4 aliphatic rings. The number of nitrogens with one attached hydrogen (secondary N) is 1. The maximum atomic E-state index is 12.5. The molecule has 1 amide bonds. The van der Waals surface area contributed by atoms with Crippen LogP contribution in [0.15, 0.2) is 0 Å². The number of carbonyl (C=O) groups excluding carboxylic acids is 1. The SMILES string of the molecule is CC(CCC(=O)NC(CCC(=O)O)C(=O)O)C1CCC2C3C(O)CC4CC(O)CCC4(C)C3CC(O)C12C. The van der Waals surface area contributed by atoms with Crippen LogP contribution in [0.2, 0.25) is 0 Å². The lowest BCUT2D eigenvalue weighted by atomic mass is 9.43. The minimum Gasteiger partial charge on any atom is -0.481 e. The van der Waals surface area contributed by atoms with Gasteiger partial charge >= 0.3 is 11.9 Å². The summed E-state index contributed by atoms with van der Waals surface area (Å²) < 4.78 is 0. The molecule has 0 spiro atoms. The Morgan fingerprint density at radius 2 is 1.63 bits per heavy atom. The third-order valence-corrected chi connectivity index (χ3v) is 11.6. The van der Waals surface area contributed by atoms with Crippen LogP contribution in [-0.4, -0.2) is 67.7 Å². The van der Waals surface area contributed by atoms with Crippen molar-refractivity contribution in [3.63, 3.8) is 0 Å². The summed E-state index contributed by atoms with van der Waals surface area (Å²) in [6, 6.07) is -1.22. The standard InChI is InChI=1S/C29H47NO8/c1-15(4-8-24(34)30-21(27(37)38)7-9-25(35)36)18-5-6-19-26-20(14-23(33)29(18,19)3)28(2)11-10-17(31)12-16(28)13-22(26)32/h15-23,26,31-33H,4-14H2,1-3H3,(H,30,34)(H,35,36)(H,37,38). The highest BCUT2D eigenvalue weighted by molar-refractivity contribution is 5.83. The molecule has 38 heavy (non-hydrogen) atoms. The van der Waals surface area contributed by atoms with Crippen molar-refractivity contribution in [1.82, 2.24) is 5.32 Å². The Bertz CT molecular complexity index is 911. The van der Waals surface area contributed by atoms with Crippen molar-refractivity contribution in [2.75, 3.05) is 0 Å². The molecule has 0 aromatic heterocycles. The molecular formula is C29H47NO8. The van der Waals surface area contributed by atoms with E-state index in [0.29, 0.717) is 19.3 Å². The maximum absolute atomic E-state index is 12.5. The van der Waals surface area contributed by atoms with Gasteiger partial charge in [-0.05, 0) is 104 Å². The van der Waals surface area contributed by atoms with E-state index >= 15 is 0 Å². The first-order chi connectivity index (χ1) is 17.8. The van der Waals surface area contributed by atoms with Gasteiger partial charge in [-0.3, -0.25) is 9.59 Å². The van der Waals surface area contributed by atoms with Gasteiger partial charge in [-0.2, -0.15) is 0 Å². The number of hydrogen-bond donors (Lipinski definition) is 6. The first-order valence-corrected chi connectivity index (χ1v) is 14.6. The second-order valence-corrected chi connectivity index (χ2v) is 13.4. The molecule has 4 aliphatic carbocycles. The van der Waals surface area contributed by atoms with Crippen LogP contribution in [0.3, 0.4) is 0 Å². The summed E-state index contributed by atoms with van der Waals surface area (Å²) in [6.07, 6.45) is 4.64. The van der Waals surface area contributed by atoms with Crippen LogP contribution in [0.4, 0.5) is 0 Å². The number of carboxylic acid groups (broad SMARTS) is 2. The van der Waals surface area contributed by atoms with Gasteiger partial charge in [0.1, 0.15) is 6.04 Å². The molecule has 9 heteroatoms. The van der Waals surface area contributed by atoms with Crippen LogP contribution >= 0.6 is 0 Å². The molecule has 216 valence electrons. The average molecular weight is 538 g/mol. The van der Waals surface area contributed by atoms with Crippen LogP contribution in [0.25, 0.3) is 0 Å². The quantitative estimate of drug-likeness (QED) is 0.261. The van der Waals surface area contributed by atoms with E-state index in [-0.39, 0.29) is 71.7 Å². The lowest BCUT2D eigenvalue weighted by Crippen LogP contribution is -2.62. The van der Waals surface area contributed by atoms with Gasteiger partial charge in [-0.1, -0.05) is 20.8 Å². The minimum absolute atomic E-state index is 0.0224. The van der Waals surface area contributed by atoms with E-state index in [4.69, 9.17) is 5.11 Å². The van der Waals surface area contributed by atoms with E-state index in [1.165, 1.54) is 0 Å². The lowest BCUT2D eigenvalue weighted by Gasteiger charge is -2.63. The molecule has 4 saturated carbocycles. The Kier molecular flexibility index (Phi) is 8.51. The number of aliphatic hydroxyl groups excluding tert-OH is 3. The number of fused-ring (bicyclic) bond motifs is 5. The topological polar surface area (TPSA) is 164 Å². The summed E-state index contributed by atoms with van der Waals surface area (Å²) in [5, 5.41) is 54.0. The van der Waals surface area contributed by atoms with Gasteiger partial charge < -0.3 is 30.8 Å². The van der Waals surface area contributed by atoms with Crippen LogP contribution in [0.1, 0.15) is 91.4 Å². The predicted octanol–water partition coefficient (Wildman–Crippen LogP) is 2.80. The van der Waals surface area contributed by atoms with Crippen LogP contribution in [0, 0.1) is 46.3 Å². The molecule has 0 aromatic rings. The summed E-state index contributed by atoms with van der Waals surface area (Å²) in [4.78, 5) is 34.8. The van der Waals surface area contributed by atoms with Crippen LogP contribution in [-0.2, 0) is 14.4 Å². The number of aliphatic carboxylic acids is 2. The van der Waals surface area contributed by atoms with Crippen LogP contribution < -0.4 is 5.32 Å². The molecule has 6 N–H and O–H groups in total. The smallest absolute Gasteiger partial charge is 0.326 e. The predicted molar refractivity (Wildman–Crippen MR) is 139 cm³/mol.